The molecule has 0 heterocycles. The molecule has 0 unspecified atom stereocenters. The number of carbonyl (C=O) groups is 1. The van der Waals surface area contributed by atoms with Gasteiger partial charge in [-0.1, -0.05) is 6.07 Å². The lowest BCUT2D eigenvalue weighted by atomic mass is 10.1. The summed E-state index contributed by atoms with van der Waals surface area (Å²) in [6, 6.07) is 14.5. The van der Waals surface area contributed by atoms with Crippen LogP contribution in [0.2, 0.25) is 0 Å². The van der Waals surface area contributed by atoms with Crippen LogP contribution in [0, 0.1) is 6.92 Å². The lowest BCUT2D eigenvalue weighted by Gasteiger charge is -2.27. The highest BCUT2D eigenvalue weighted by molar-refractivity contribution is 7.98. The van der Waals surface area contributed by atoms with E-state index in [4.69, 9.17) is 0 Å². The van der Waals surface area contributed by atoms with E-state index in [1.807, 2.05) is 43.5 Å². The third-order valence-electron chi connectivity index (χ3n) is 4.11. The number of carbonyl (C=O) groups excluding carboxylic acids is 1. The minimum Gasteiger partial charge on any atom is -0.369 e. The van der Waals surface area contributed by atoms with Gasteiger partial charge in [0, 0.05) is 34.4 Å². The average Bonchev–Trinajstić information content (AvgIpc) is 2.57. The standard InChI is InChI=1S/C20H26N2OS/c1-6-22(14(2)3)17-10-8-16(9-11-17)21-20(23)19-13-18(24-5)12-7-15(19)4/h7-14H,6H2,1-5H3,(H,21,23). The maximum atomic E-state index is 12.6. The topological polar surface area (TPSA) is 32.3 Å². The van der Waals surface area contributed by atoms with Crippen LogP contribution in [0.15, 0.2) is 47.4 Å². The van der Waals surface area contributed by atoms with Crippen molar-refractivity contribution in [2.75, 3.05) is 23.0 Å². The fraction of sp³-hybridized carbons (Fsp3) is 0.350. The number of aryl methyl sites for hydroxylation is 1. The van der Waals surface area contributed by atoms with Crippen LogP contribution < -0.4 is 10.2 Å². The Labute approximate surface area is 149 Å². The molecule has 0 fully saturated rings. The summed E-state index contributed by atoms with van der Waals surface area (Å²) in [5.41, 5.74) is 3.70. The lowest BCUT2D eigenvalue weighted by molar-refractivity contribution is 0.102. The fourth-order valence-electron chi connectivity index (χ4n) is 2.75. The molecule has 1 N–H and O–H groups in total. The molecule has 0 aliphatic rings. The average molecular weight is 343 g/mol. The molecule has 0 aromatic heterocycles. The molecule has 0 spiro atoms. The number of thioether (sulfide) groups is 1. The van der Waals surface area contributed by atoms with Crippen LogP contribution >= 0.6 is 11.8 Å². The number of benzene rings is 2. The molecule has 4 heteroatoms. The van der Waals surface area contributed by atoms with E-state index in [1.54, 1.807) is 11.8 Å². The Bertz CT molecular complexity index is 695. The number of nitrogens with zero attached hydrogens (tertiary/aromatic N) is 1. The SMILES string of the molecule is CCN(c1ccc(NC(=O)c2cc(SC)ccc2C)cc1)C(C)C. The Hall–Kier alpha value is -1.94. The van der Waals surface area contributed by atoms with Gasteiger partial charge in [-0.25, -0.2) is 0 Å². The zero-order valence-electron chi connectivity index (χ0n) is 15.1. The molecule has 1 amide bonds. The van der Waals surface area contributed by atoms with Crippen molar-refractivity contribution >= 4 is 29.0 Å². The van der Waals surface area contributed by atoms with Gasteiger partial charge in [-0.15, -0.1) is 11.8 Å². The first-order chi connectivity index (χ1) is 11.5. The number of amides is 1. The predicted molar refractivity (Wildman–Crippen MR) is 106 cm³/mol. The van der Waals surface area contributed by atoms with Crippen LogP contribution in [0.5, 0.6) is 0 Å². The summed E-state index contributed by atoms with van der Waals surface area (Å²) in [6.07, 6.45) is 2.01. The molecule has 3 nitrogen and oxygen atoms in total. The number of hydrogen-bond donors (Lipinski definition) is 1. The van der Waals surface area contributed by atoms with Crippen LogP contribution in [0.3, 0.4) is 0 Å². The van der Waals surface area contributed by atoms with Gasteiger partial charge >= 0.3 is 0 Å². The van der Waals surface area contributed by atoms with Gasteiger partial charge in [-0.2, -0.15) is 0 Å². The predicted octanol–water partition coefficient (Wildman–Crippen LogP) is 5.20. The number of nitrogens with one attached hydrogen (secondary N) is 1. The van der Waals surface area contributed by atoms with E-state index in [9.17, 15) is 4.79 Å². The second kappa shape index (κ2) is 8.25. The van der Waals surface area contributed by atoms with Crippen molar-refractivity contribution in [3.63, 3.8) is 0 Å². The fourth-order valence-corrected chi connectivity index (χ4v) is 3.19. The minimum atomic E-state index is -0.0626. The van der Waals surface area contributed by atoms with Gasteiger partial charge in [0.25, 0.3) is 5.91 Å². The molecular weight excluding hydrogens is 316 g/mol. The van der Waals surface area contributed by atoms with Gasteiger partial charge in [0.1, 0.15) is 0 Å². The van der Waals surface area contributed by atoms with Crippen molar-refractivity contribution in [2.24, 2.45) is 0 Å². The first kappa shape index (κ1) is 18.4. The normalized spacial score (nSPS) is 10.8. The molecule has 0 atom stereocenters. The molecule has 0 bridgehead atoms. The quantitative estimate of drug-likeness (QED) is 0.732. The number of hydrogen-bond acceptors (Lipinski definition) is 3. The van der Waals surface area contributed by atoms with E-state index in [2.05, 4.69) is 43.1 Å². The van der Waals surface area contributed by atoms with Crippen molar-refractivity contribution < 1.29 is 4.79 Å². The zero-order valence-corrected chi connectivity index (χ0v) is 15.9. The second-order valence-electron chi connectivity index (χ2n) is 6.06. The maximum absolute atomic E-state index is 12.6. The first-order valence-electron chi connectivity index (χ1n) is 8.29. The highest BCUT2D eigenvalue weighted by Crippen LogP contribution is 2.22. The van der Waals surface area contributed by atoms with Crippen LogP contribution in [0.1, 0.15) is 36.7 Å². The van der Waals surface area contributed by atoms with Gasteiger partial charge in [0.05, 0.1) is 0 Å². The summed E-state index contributed by atoms with van der Waals surface area (Å²) in [5.74, 6) is -0.0626. The zero-order chi connectivity index (χ0) is 17.7. The van der Waals surface area contributed by atoms with E-state index in [0.717, 1.165) is 28.3 Å². The van der Waals surface area contributed by atoms with Gasteiger partial charge in [-0.3, -0.25) is 4.79 Å². The van der Waals surface area contributed by atoms with Crippen molar-refractivity contribution in [2.45, 2.75) is 38.6 Å². The van der Waals surface area contributed by atoms with E-state index in [0.29, 0.717) is 6.04 Å². The van der Waals surface area contributed by atoms with Gasteiger partial charge < -0.3 is 10.2 Å². The van der Waals surface area contributed by atoms with E-state index >= 15 is 0 Å². The molecule has 2 aromatic carbocycles. The summed E-state index contributed by atoms with van der Waals surface area (Å²) in [4.78, 5) is 16.0. The van der Waals surface area contributed by atoms with Crippen molar-refractivity contribution in [3.05, 3.63) is 53.6 Å². The largest absolute Gasteiger partial charge is 0.369 e. The summed E-state index contributed by atoms with van der Waals surface area (Å²) in [6.45, 7) is 9.44. The Morgan fingerprint density at radius 1 is 1.17 bits per heavy atom. The summed E-state index contributed by atoms with van der Waals surface area (Å²) in [7, 11) is 0. The highest BCUT2D eigenvalue weighted by Gasteiger charge is 2.12. The van der Waals surface area contributed by atoms with Crippen LogP contribution in [-0.2, 0) is 0 Å². The number of anilines is 2. The molecular formula is C20H26N2OS. The molecule has 24 heavy (non-hydrogen) atoms. The third-order valence-corrected chi connectivity index (χ3v) is 4.84. The highest BCUT2D eigenvalue weighted by atomic mass is 32.2. The molecule has 0 radical (unpaired) electrons. The van der Waals surface area contributed by atoms with Gasteiger partial charge in [0.2, 0.25) is 0 Å². The third kappa shape index (κ3) is 4.32. The lowest BCUT2D eigenvalue weighted by Crippen LogP contribution is -2.30. The van der Waals surface area contributed by atoms with Crippen LogP contribution in [0.4, 0.5) is 11.4 Å². The van der Waals surface area contributed by atoms with E-state index < -0.39 is 0 Å². The Balaban J connectivity index is 2.15. The minimum absolute atomic E-state index is 0.0626. The second-order valence-corrected chi connectivity index (χ2v) is 6.94. The number of rotatable bonds is 6. The molecule has 0 aliphatic heterocycles. The van der Waals surface area contributed by atoms with Crippen molar-refractivity contribution in [1.29, 1.82) is 0 Å². The first-order valence-corrected chi connectivity index (χ1v) is 9.51. The molecule has 128 valence electrons. The van der Waals surface area contributed by atoms with E-state index in [1.165, 1.54) is 5.69 Å². The maximum Gasteiger partial charge on any atom is 0.255 e. The van der Waals surface area contributed by atoms with Crippen molar-refractivity contribution in [1.82, 2.24) is 0 Å². The van der Waals surface area contributed by atoms with E-state index in [-0.39, 0.29) is 5.91 Å². The smallest absolute Gasteiger partial charge is 0.255 e. The Kier molecular flexibility index (Phi) is 6.32. The summed E-state index contributed by atoms with van der Waals surface area (Å²) in [5, 5.41) is 3.00. The molecule has 2 rings (SSSR count). The summed E-state index contributed by atoms with van der Waals surface area (Å²) >= 11 is 1.64. The monoisotopic (exact) mass is 342 g/mol. The van der Waals surface area contributed by atoms with Gasteiger partial charge in [0.15, 0.2) is 0 Å². The Morgan fingerprint density at radius 2 is 1.83 bits per heavy atom. The van der Waals surface area contributed by atoms with Crippen LogP contribution in [-0.4, -0.2) is 24.7 Å². The Morgan fingerprint density at radius 3 is 2.38 bits per heavy atom. The summed E-state index contributed by atoms with van der Waals surface area (Å²) < 4.78 is 0. The van der Waals surface area contributed by atoms with Crippen LogP contribution in [0.25, 0.3) is 0 Å². The molecule has 0 saturated heterocycles. The molecule has 2 aromatic rings. The van der Waals surface area contributed by atoms with Gasteiger partial charge in [-0.05, 0) is 75.9 Å². The molecule has 0 saturated carbocycles. The molecule has 0 aliphatic carbocycles. The van der Waals surface area contributed by atoms with Crippen molar-refractivity contribution in [3.8, 4) is 0 Å².